The quantitative estimate of drug-likeness (QED) is 0.758. The molecule has 2 aromatic rings. The van der Waals surface area contributed by atoms with E-state index in [1.54, 1.807) is 13.8 Å². The van der Waals surface area contributed by atoms with Crippen LogP contribution in [-0.4, -0.2) is 24.8 Å². The number of nitrogens with two attached hydrogens (primary N) is 1. The monoisotopic (exact) mass is 415 g/mol. The topological polar surface area (TPSA) is 87.2 Å². The van der Waals surface area contributed by atoms with Gasteiger partial charge >= 0.3 is 6.18 Å². The lowest BCUT2D eigenvalue weighted by Crippen LogP contribution is -2.15. The van der Waals surface area contributed by atoms with Crippen LogP contribution in [0, 0.1) is 11.7 Å². The molecule has 1 heterocycles. The van der Waals surface area contributed by atoms with Crippen LogP contribution in [-0.2, 0) is 16.2 Å². The van der Waals surface area contributed by atoms with Crippen LogP contribution in [0.15, 0.2) is 23.1 Å². The smallest absolute Gasteiger partial charge is 0.436 e. The number of primary sulfonamides is 1. The molecule has 0 fully saturated rings. The fourth-order valence-electron chi connectivity index (χ4n) is 1.96. The van der Waals surface area contributed by atoms with Crippen molar-refractivity contribution in [2.45, 2.75) is 24.9 Å². The van der Waals surface area contributed by atoms with E-state index < -0.39 is 43.5 Å². The van der Waals surface area contributed by atoms with Crippen molar-refractivity contribution in [2.24, 2.45) is 11.1 Å². The summed E-state index contributed by atoms with van der Waals surface area (Å²) in [6.07, 6.45) is -4.86. The van der Waals surface area contributed by atoms with E-state index >= 15 is 0 Å². The second kappa shape index (κ2) is 7.05. The highest BCUT2D eigenvalue weighted by Gasteiger charge is 2.40. The maximum absolute atomic E-state index is 14.0. The minimum absolute atomic E-state index is 0.0282. The van der Waals surface area contributed by atoms with Gasteiger partial charge in [0.05, 0.1) is 12.3 Å². The molecule has 6 nitrogen and oxygen atoms in total. The van der Waals surface area contributed by atoms with E-state index in [0.29, 0.717) is 10.7 Å². The maximum atomic E-state index is 14.0. The molecule has 0 radical (unpaired) electrons. The first-order chi connectivity index (χ1) is 11.8. The molecule has 0 amide bonds. The summed E-state index contributed by atoms with van der Waals surface area (Å²) >= 11 is 5.75. The standard InChI is InChI=1S/C14H14ClF4N3O3S/c1-7(2)6-25-13-11(15)12(14(17,18)19)21-22(13)8-3-4-10(9(16)5-8)26(20,23)24/h3-5,7H,6H2,1-2H3,(H2,20,23,24). The Morgan fingerprint density at radius 3 is 2.42 bits per heavy atom. The van der Waals surface area contributed by atoms with Crippen LogP contribution in [0.1, 0.15) is 19.5 Å². The van der Waals surface area contributed by atoms with Crippen LogP contribution < -0.4 is 9.88 Å². The number of aromatic nitrogens is 2. The van der Waals surface area contributed by atoms with Gasteiger partial charge in [0.1, 0.15) is 15.7 Å². The molecule has 0 aliphatic rings. The first-order valence-electron chi connectivity index (χ1n) is 7.13. The largest absolute Gasteiger partial charge is 0.476 e. The first kappa shape index (κ1) is 20.5. The Morgan fingerprint density at radius 1 is 1.35 bits per heavy atom. The average molecular weight is 416 g/mol. The zero-order chi connectivity index (χ0) is 19.9. The molecule has 1 aromatic carbocycles. The molecule has 0 saturated heterocycles. The number of hydrogen-bond donors (Lipinski definition) is 1. The van der Waals surface area contributed by atoms with Gasteiger partial charge < -0.3 is 4.74 Å². The zero-order valence-corrected chi connectivity index (χ0v) is 15.1. The predicted octanol–water partition coefficient (Wildman–Crippen LogP) is 3.37. The Bertz CT molecular complexity index is 926. The molecule has 2 N–H and O–H groups in total. The van der Waals surface area contributed by atoms with Gasteiger partial charge in [-0.2, -0.15) is 23.0 Å². The van der Waals surface area contributed by atoms with E-state index in [1.165, 1.54) is 0 Å². The van der Waals surface area contributed by atoms with Gasteiger partial charge in [-0.1, -0.05) is 25.4 Å². The van der Waals surface area contributed by atoms with E-state index in [1.807, 2.05) is 0 Å². The Morgan fingerprint density at radius 2 is 1.96 bits per heavy atom. The lowest BCUT2D eigenvalue weighted by Gasteiger charge is -2.12. The lowest BCUT2D eigenvalue weighted by molar-refractivity contribution is -0.141. The van der Waals surface area contributed by atoms with Gasteiger partial charge in [-0.25, -0.2) is 17.9 Å². The van der Waals surface area contributed by atoms with Crippen molar-refractivity contribution in [3.05, 3.63) is 34.7 Å². The third-order valence-corrected chi connectivity index (χ3v) is 4.36. The van der Waals surface area contributed by atoms with Crippen molar-refractivity contribution >= 4 is 21.6 Å². The van der Waals surface area contributed by atoms with Crippen molar-refractivity contribution < 1.29 is 30.7 Å². The number of alkyl halides is 3. The van der Waals surface area contributed by atoms with E-state index in [0.717, 1.165) is 12.1 Å². The molecule has 0 spiro atoms. The zero-order valence-electron chi connectivity index (χ0n) is 13.5. The van der Waals surface area contributed by atoms with E-state index in [9.17, 15) is 26.0 Å². The molecule has 0 unspecified atom stereocenters. The van der Waals surface area contributed by atoms with Gasteiger partial charge in [-0.05, 0) is 18.1 Å². The first-order valence-corrected chi connectivity index (χ1v) is 9.06. The Hall–Kier alpha value is -1.85. The minimum atomic E-state index is -4.86. The van der Waals surface area contributed by atoms with Crippen LogP contribution in [0.4, 0.5) is 17.6 Å². The molecule has 0 bridgehead atoms. The second-order valence-electron chi connectivity index (χ2n) is 5.74. The van der Waals surface area contributed by atoms with Crippen LogP contribution in [0.5, 0.6) is 5.88 Å². The molecule has 0 atom stereocenters. The SMILES string of the molecule is CC(C)COc1c(Cl)c(C(F)(F)F)nn1-c1ccc(S(N)(=O)=O)c(F)c1. The summed E-state index contributed by atoms with van der Waals surface area (Å²) < 4.78 is 81.7. The summed E-state index contributed by atoms with van der Waals surface area (Å²) in [6, 6.07) is 2.52. The molecule has 12 heteroatoms. The summed E-state index contributed by atoms with van der Waals surface area (Å²) in [5.74, 6) is -1.72. The van der Waals surface area contributed by atoms with Crippen molar-refractivity contribution in [1.82, 2.24) is 9.78 Å². The highest BCUT2D eigenvalue weighted by Crippen LogP contribution is 2.40. The summed E-state index contributed by atoms with van der Waals surface area (Å²) in [7, 11) is -4.33. The van der Waals surface area contributed by atoms with Crippen LogP contribution in [0.25, 0.3) is 5.69 Å². The third-order valence-electron chi connectivity index (χ3n) is 3.08. The summed E-state index contributed by atoms with van der Waals surface area (Å²) in [6.45, 7) is 3.56. The van der Waals surface area contributed by atoms with Gasteiger partial charge in [-0.15, -0.1) is 0 Å². The van der Waals surface area contributed by atoms with E-state index in [4.69, 9.17) is 21.5 Å². The highest BCUT2D eigenvalue weighted by atomic mass is 35.5. The third kappa shape index (κ3) is 4.27. The van der Waals surface area contributed by atoms with Crippen LogP contribution >= 0.6 is 11.6 Å². The van der Waals surface area contributed by atoms with Gasteiger partial charge in [-0.3, -0.25) is 0 Å². The number of benzene rings is 1. The molecule has 0 aliphatic carbocycles. The lowest BCUT2D eigenvalue weighted by atomic mass is 10.2. The fraction of sp³-hybridized carbons (Fsp3) is 0.357. The van der Waals surface area contributed by atoms with Gasteiger partial charge in [0.25, 0.3) is 0 Å². The van der Waals surface area contributed by atoms with E-state index in [2.05, 4.69) is 5.10 Å². The Kier molecular flexibility index (Phi) is 5.54. The molecule has 1 aromatic heterocycles. The summed E-state index contributed by atoms with van der Waals surface area (Å²) in [4.78, 5) is -0.805. The van der Waals surface area contributed by atoms with Gasteiger partial charge in [0.2, 0.25) is 15.9 Å². The minimum Gasteiger partial charge on any atom is -0.476 e. The van der Waals surface area contributed by atoms with Crippen molar-refractivity contribution in [3.63, 3.8) is 0 Å². The van der Waals surface area contributed by atoms with Gasteiger partial charge in [0, 0.05) is 6.07 Å². The van der Waals surface area contributed by atoms with Crippen molar-refractivity contribution in [2.75, 3.05) is 6.61 Å². The molecular formula is C14H14ClF4N3O3S. The fourth-order valence-corrected chi connectivity index (χ4v) is 2.83. The number of sulfonamides is 1. The predicted molar refractivity (Wildman–Crippen MR) is 85.2 cm³/mol. The summed E-state index contributed by atoms with van der Waals surface area (Å²) in [5.41, 5.74) is -1.63. The average Bonchev–Trinajstić information content (AvgIpc) is 2.80. The second-order valence-corrected chi connectivity index (χ2v) is 7.65. The molecule has 0 saturated carbocycles. The molecule has 2 rings (SSSR count). The number of ether oxygens (including phenoxy) is 1. The molecule has 26 heavy (non-hydrogen) atoms. The van der Waals surface area contributed by atoms with Crippen molar-refractivity contribution in [3.8, 4) is 11.6 Å². The number of nitrogens with zero attached hydrogens (tertiary/aromatic N) is 2. The summed E-state index contributed by atoms with van der Waals surface area (Å²) in [5, 5.41) is 7.42. The van der Waals surface area contributed by atoms with Gasteiger partial charge in [0.15, 0.2) is 5.69 Å². The Balaban J connectivity index is 2.62. The Labute approximate surface area is 151 Å². The number of halogens is 5. The molecule has 144 valence electrons. The highest BCUT2D eigenvalue weighted by molar-refractivity contribution is 7.89. The van der Waals surface area contributed by atoms with E-state index in [-0.39, 0.29) is 18.2 Å². The molecule has 0 aliphatic heterocycles. The van der Waals surface area contributed by atoms with Crippen molar-refractivity contribution in [1.29, 1.82) is 0 Å². The number of hydrogen-bond acceptors (Lipinski definition) is 4. The van der Waals surface area contributed by atoms with Crippen LogP contribution in [0.3, 0.4) is 0 Å². The van der Waals surface area contributed by atoms with Crippen LogP contribution in [0.2, 0.25) is 5.02 Å². The maximum Gasteiger partial charge on any atom is 0.436 e. The normalized spacial score (nSPS) is 12.7. The number of rotatable bonds is 5. The molecular weight excluding hydrogens is 402 g/mol.